The molecule has 0 aliphatic rings. The summed E-state index contributed by atoms with van der Waals surface area (Å²) in [5.74, 6) is 0.755. The molecule has 3 aromatic carbocycles. The topological polar surface area (TPSA) is 76.3 Å². The van der Waals surface area contributed by atoms with Crippen LogP contribution < -0.4 is 5.32 Å². The van der Waals surface area contributed by atoms with Crippen LogP contribution in [-0.2, 0) is 29.0 Å². The molecule has 1 N–H and O–H groups in total. The van der Waals surface area contributed by atoms with Crippen LogP contribution in [0.25, 0.3) is 16.7 Å². The number of rotatable bonds is 11. The number of hydrogen-bond acceptors (Lipinski definition) is 5. The zero-order valence-electron chi connectivity index (χ0n) is 23.0. The number of carbonyl (C=O) groups excluding carboxylic acids is 2. The van der Waals surface area contributed by atoms with Gasteiger partial charge in [0.05, 0.1) is 23.3 Å². The minimum atomic E-state index is -0.0262. The van der Waals surface area contributed by atoms with Crippen LogP contribution in [0.2, 0.25) is 0 Å². The maximum Gasteiger partial charge on any atom is 0.208 e. The van der Waals surface area contributed by atoms with E-state index >= 15 is 0 Å². The fourth-order valence-electron chi connectivity index (χ4n) is 4.52. The number of allylic oxidation sites excluding steroid dienone is 2. The molecule has 4 rings (SSSR count). The van der Waals surface area contributed by atoms with Gasteiger partial charge in [0.2, 0.25) is 5.95 Å². The summed E-state index contributed by atoms with van der Waals surface area (Å²) >= 11 is 0. The van der Waals surface area contributed by atoms with E-state index in [1.54, 1.807) is 20.0 Å². The van der Waals surface area contributed by atoms with E-state index in [2.05, 4.69) is 52.6 Å². The van der Waals surface area contributed by atoms with Crippen molar-refractivity contribution in [1.82, 2.24) is 9.55 Å². The third-order valence-electron chi connectivity index (χ3n) is 6.49. The molecule has 0 fully saturated rings. The third kappa shape index (κ3) is 6.85. The second kappa shape index (κ2) is 12.3. The quantitative estimate of drug-likeness (QED) is 0.183. The Morgan fingerprint density at radius 2 is 1.67 bits per heavy atom. The number of carbonyl (C=O) groups is 2. The van der Waals surface area contributed by atoms with Crippen molar-refractivity contribution in [3.05, 3.63) is 113 Å². The van der Waals surface area contributed by atoms with Gasteiger partial charge in [0.1, 0.15) is 5.78 Å². The molecule has 0 radical (unpaired) electrons. The predicted octanol–water partition coefficient (Wildman–Crippen LogP) is 6.43. The van der Waals surface area contributed by atoms with E-state index in [0.717, 1.165) is 51.1 Å². The van der Waals surface area contributed by atoms with Crippen LogP contribution in [0.4, 0.5) is 5.95 Å². The molecule has 39 heavy (non-hydrogen) atoms. The highest BCUT2D eigenvalue weighted by Crippen LogP contribution is 2.26. The van der Waals surface area contributed by atoms with Crippen molar-refractivity contribution >= 4 is 40.0 Å². The number of nitrogens with zero attached hydrogens (tertiary/aromatic N) is 3. The first-order valence-corrected chi connectivity index (χ1v) is 13.1. The minimum Gasteiger partial charge on any atom is -0.326 e. The van der Waals surface area contributed by atoms with Crippen molar-refractivity contribution in [2.45, 2.75) is 40.2 Å². The summed E-state index contributed by atoms with van der Waals surface area (Å²) in [6.45, 7) is 10.1. The van der Waals surface area contributed by atoms with E-state index in [1.807, 2.05) is 42.5 Å². The molecule has 0 bridgehead atoms. The summed E-state index contributed by atoms with van der Waals surface area (Å²) in [5, 5.41) is 3.45. The second-order valence-corrected chi connectivity index (χ2v) is 9.63. The monoisotopic (exact) mass is 518 g/mol. The van der Waals surface area contributed by atoms with Crippen LogP contribution in [0.5, 0.6) is 0 Å². The van der Waals surface area contributed by atoms with Gasteiger partial charge in [0.25, 0.3) is 0 Å². The van der Waals surface area contributed by atoms with Crippen LogP contribution in [0, 0.1) is 0 Å². The van der Waals surface area contributed by atoms with Gasteiger partial charge in [-0.3, -0.25) is 14.6 Å². The first kappa shape index (κ1) is 27.5. The first-order chi connectivity index (χ1) is 18.8. The highest BCUT2D eigenvalue weighted by molar-refractivity contribution is 6.11. The number of anilines is 1. The number of ketones is 2. The van der Waals surface area contributed by atoms with Gasteiger partial charge in [-0.1, -0.05) is 56.0 Å². The molecule has 0 atom stereocenters. The van der Waals surface area contributed by atoms with Crippen molar-refractivity contribution in [2.24, 2.45) is 4.99 Å². The lowest BCUT2D eigenvalue weighted by molar-refractivity contribution is -0.116. The summed E-state index contributed by atoms with van der Waals surface area (Å²) in [6, 6.07) is 22.4. The number of aryl methyl sites for hydroxylation is 1. The number of aliphatic imine (C=N–C) groups is 1. The molecule has 0 saturated carbocycles. The lowest BCUT2D eigenvalue weighted by Crippen LogP contribution is -2.08. The van der Waals surface area contributed by atoms with Gasteiger partial charge in [-0.15, -0.1) is 0 Å². The van der Waals surface area contributed by atoms with Crippen molar-refractivity contribution in [3.8, 4) is 0 Å². The van der Waals surface area contributed by atoms with Crippen LogP contribution in [0.3, 0.4) is 0 Å². The third-order valence-corrected chi connectivity index (χ3v) is 6.49. The molecule has 1 heterocycles. The van der Waals surface area contributed by atoms with Crippen molar-refractivity contribution in [3.63, 3.8) is 0 Å². The maximum atomic E-state index is 11.7. The van der Waals surface area contributed by atoms with Crippen LogP contribution in [0.15, 0.2) is 90.5 Å². The molecule has 0 saturated heterocycles. The fourth-order valence-corrected chi connectivity index (χ4v) is 4.52. The summed E-state index contributed by atoms with van der Waals surface area (Å²) in [5.41, 5.74) is 8.41. The average molecular weight is 519 g/mol. The van der Waals surface area contributed by atoms with Crippen molar-refractivity contribution < 1.29 is 9.59 Å². The number of Topliss-reactive ketones (excluding diaryl/α,β-unsaturated/α-hetero) is 1. The predicted molar refractivity (Wildman–Crippen MR) is 160 cm³/mol. The second-order valence-electron chi connectivity index (χ2n) is 9.63. The van der Waals surface area contributed by atoms with E-state index in [9.17, 15) is 9.59 Å². The maximum absolute atomic E-state index is 11.7. The van der Waals surface area contributed by atoms with Crippen LogP contribution in [-0.4, -0.2) is 33.9 Å². The molecule has 198 valence electrons. The molecular weight excluding hydrogens is 484 g/mol. The molecule has 0 spiro atoms. The number of aromatic nitrogens is 2. The van der Waals surface area contributed by atoms with Gasteiger partial charge in [-0.2, -0.15) is 0 Å². The van der Waals surface area contributed by atoms with Gasteiger partial charge < -0.3 is 9.88 Å². The van der Waals surface area contributed by atoms with Gasteiger partial charge in [0.15, 0.2) is 5.78 Å². The first-order valence-electron chi connectivity index (χ1n) is 13.1. The Balaban J connectivity index is 1.73. The van der Waals surface area contributed by atoms with E-state index in [1.165, 1.54) is 18.6 Å². The van der Waals surface area contributed by atoms with Gasteiger partial charge in [-0.25, -0.2) is 4.98 Å². The Morgan fingerprint density at radius 1 is 0.949 bits per heavy atom. The molecule has 0 aliphatic carbocycles. The Morgan fingerprint density at radius 3 is 2.36 bits per heavy atom. The number of nitrogens with one attached hydrogen (secondary N) is 1. The Labute approximate surface area is 229 Å². The zero-order valence-corrected chi connectivity index (χ0v) is 23.0. The molecular formula is C33H34N4O2. The fraction of sp³-hybridized carbons (Fsp3) is 0.212. The summed E-state index contributed by atoms with van der Waals surface area (Å²) in [7, 11) is 1.72. The molecule has 0 amide bonds. The Hall–Kier alpha value is -4.58. The summed E-state index contributed by atoms with van der Waals surface area (Å²) < 4.78 is 2.12. The van der Waals surface area contributed by atoms with E-state index in [0.29, 0.717) is 18.9 Å². The SMILES string of the molecule is C=C(Nc1nc2cc(CC(C)=O)ccc2n1Cc1cccc(C(/C=C\C(C)=O)=NC)c1)c1cccc(CC)c1. The highest BCUT2D eigenvalue weighted by Gasteiger charge is 2.15. The van der Waals surface area contributed by atoms with E-state index in [-0.39, 0.29) is 11.6 Å². The number of imidazole rings is 1. The number of benzene rings is 3. The number of fused-ring (bicyclic) bond motifs is 1. The largest absolute Gasteiger partial charge is 0.326 e. The van der Waals surface area contributed by atoms with Crippen LogP contribution >= 0.6 is 0 Å². The van der Waals surface area contributed by atoms with Crippen molar-refractivity contribution in [1.29, 1.82) is 0 Å². The molecule has 4 aromatic rings. The molecule has 0 unspecified atom stereocenters. The van der Waals surface area contributed by atoms with E-state index in [4.69, 9.17) is 4.98 Å². The smallest absolute Gasteiger partial charge is 0.208 e. The lowest BCUT2D eigenvalue weighted by atomic mass is 10.1. The lowest BCUT2D eigenvalue weighted by Gasteiger charge is -2.14. The molecule has 6 heteroatoms. The normalized spacial score (nSPS) is 11.7. The zero-order chi connectivity index (χ0) is 27.9. The Bertz CT molecular complexity index is 1610. The summed E-state index contributed by atoms with van der Waals surface area (Å²) in [4.78, 5) is 32.5. The minimum absolute atomic E-state index is 0.0262. The number of hydrogen-bond donors (Lipinski definition) is 1. The van der Waals surface area contributed by atoms with Gasteiger partial charge >= 0.3 is 0 Å². The van der Waals surface area contributed by atoms with E-state index < -0.39 is 0 Å². The molecule has 0 aliphatic heterocycles. The summed E-state index contributed by atoms with van der Waals surface area (Å²) in [6.07, 6.45) is 4.58. The van der Waals surface area contributed by atoms with Crippen molar-refractivity contribution in [2.75, 3.05) is 12.4 Å². The molecule has 6 nitrogen and oxygen atoms in total. The van der Waals surface area contributed by atoms with Gasteiger partial charge in [-0.05, 0) is 84.5 Å². The highest BCUT2D eigenvalue weighted by atomic mass is 16.1. The standard InChI is InChI=1S/C33H34N4O2/c1-6-25-9-7-11-28(18-25)24(4)35-33-36-31-20-26(17-23(3)39)14-16-32(31)37(33)21-27-10-8-12-29(19-27)30(34-5)15-13-22(2)38/h7-16,18-20H,4,6,17,21H2,1-3,5H3,(H,35,36)/b15-13-,34-30?. The molecule has 1 aromatic heterocycles. The average Bonchev–Trinajstić information content (AvgIpc) is 3.24. The van der Waals surface area contributed by atoms with Crippen LogP contribution in [0.1, 0.15) is 48.6 Å². The Kier molecular flexibility index (Phi) is 8.67. The van der Waals surface area contributed by atoms with Gasteiger partial charge in [0, 0.05) is 19.2 Å².